The van der Waals surface area contributed by atoms with Crippen LogP contribution in [0.15, 0.2) is 59.1 Å². The normalized spacial score (nSPS) is 18.0. The Morgan fingerprint density at radius 2 is 1.78 bits per heavy atom. The molecule has 4 heteroatoms. The van der Waals surface area contributed by atoms with Crippen molar-refractivity contribution in [3.05, 3.63) is 70.2 Å². The van der Waals surface area contributed by atoms with Gasteiger partial charge in [-0.1, -0.05) is 64.5 Å². The minimum Gasteiger partial charge on any atom is -0.353 e. The van der Waals surface area contributed by atoms with E-state index in [0.29, 0.717) is 6.54 Å². The summed E-state index contributed by atoms with van der Waals surface area (Å²) in [7, 11) is 0. The van der Waals surface area contributed by atoms with E-state index in [4.69, 9.17) is 5.73 Å². The highest BCUT2D eigenvalue weighted by atomic mass is 79.9. The molecule has 0 saturated heterocycles. The first kappa shape index (κ1) is 16.2. The number of nitrogens with two attached hydrogens (primary N) is 1. The lowest BCUT2D eigenvalue weighted by Crippen LogP contribution is -2.50. The van der Waals surface area contributed by atoms with Gasteiger partial charge in [0.1, 0.15) is 5.54 Å². The van der Waals surface area contributed by atoms with Crippen molar-refractivity contribution in [2.24, 2.45) is 5.73 Å². The van der Waals surface area contributed by atoms with E-state index in [0.717, 1.165) is 22.9 Å². The fourth-order valence-electron chi connectivity index (χ4n) is 2.93. The summed E-state index contributed by atoms with van der Waals surface area (Å²) in [6.45, 7) is 2.38. The summed E-state index contributed by atoms with van der Waals surface area (Å²) in [6, 6.07) is 17.7. The van der Waals surface area contributed by atoms with Crippen molar-refractivity contribution in [2.75, 3.05) is 6.54 Å². The molecular weight excluding hydrogens is 352 g/mol. The van der Waals surface area contributed by atoms with Gasteiger partial charge in [0.25, 0.3) is 0 Å². The summed E-state index contributed by atoms with van der Waals surface area (Å²) in [4.78, 5) is 12.6. The van der Waals surface area contributed by atoms with E-state index in [2.05, 4.69) is 27.3 Å². The maximum atomic E-state index is 12.6. The predicted molar refractivity (Wildman–Crippen MR) is 96.0 cm³/mol. The molecule has 1 aliphatic rings. The Morgan fingerprint density at radius 3 is 2.39 bits per heavy atom. The summed E-state index contributed by atoms with van der Waals surface area (Å²) in [5.74, 6) is -0.137. The predicted octanol–water partition coefficient (Wildman–Crippen LogP) is 3.47. The third kappa shape index (κ3) is 3.19. The van der Waals surface area contributed by atoms with Crippen LogP contribution in [0, 0.1) is 0 Å². The highest BCUT2D eigenvalue weighted by Gasteiger charge is 2.46. The van der Waals surface area contributed by atoms with Crippen LogP contribution < -0.4 is 11.1 Å². The Morgan fingerprint density at radius 1 is 1.17 bits per heavy atom. The highest BCUT2D eigenvalue weighted by molar-refractivity contribution is 9.10. The van der Waals surface area contributed by atoms with Crippen LogP contribution >= 0.6 is 15.9 Å². The number of carbonyl (C=O) groups excluding carboxylic acids is 1. The van der Waals surface area contributed by atoms with Crippen molar-refractivity contribution in [1.82, 2.24) is 5.32 Å². The van der Waals surface area contributed by atoms with Gasteiger partial charge in [0.05, 0.1) is 0 Å². The lowest BCUT2D eigenvalue weighted by molar-refractivity contribution is -0.126. The smallest absolute Gasteiger partial charge is 0.244 e. The first-order valence-electron chi connectivity index (χ1n) is 7.83. The van der Waals surface area contributed by atoms with E-state index in [9.17, 15) is 4.79 Å². The molecular formula is C19H21BrN2O. The number of hydrogen-bond donors (Lipinski definition) is 2. The second-order valence-corrected chi connectivity index (χ2v) is 7.37. The minimum absolute atomic E-state index is 0.0442. The molecule has 3 nitrogen and oxygen atoms in total. The van der Waals surface area contributed by atoms with Gasteiger partial charge >= 0.3 is 0 Å². The lowest BCUT2D eigenvalue weighted by atomic mass is 9.91. The van der Waals surface area contributed by atoms with Crippen molar-refractivity contribution in [3.8, 4) is 0 Å². The number of benzene rings is 2. The monoisotopic (exact) mass is 372 g/mol. The van der Waals surface area contributed by atoms with Crippen LogP contribution in [0.2, 0.25) is 0 Å². The zero-order chi connectivity index (χ0) is 16.5. The third-order valence-electron chi connectivity index (χ3n) is 4.73. The van der Waals surface area contributed by atoms with Gasteiger partial charge in [0.2, 0.25) is 5.91 Å². The lowest BCUT2D eigenvalue weighted by Gasteiger charge is -2.26. The molecule has 0 heterocycles. The standard InChI is InChI=1S/C19H21BrN2O/c1-18(21,14-7-3-2-4-8-14)17(23)22-13-19(11-12-19)15-9-5-6-10-16(15)20/h2-10H,11-13,21H2,1H3,(H,22,23). The summed E-state index contributed by atoms with van der Waals surface area (Å²) in [5.41, 5.74) is 7.39. The third-order valence-corrected chi connectivity index (χ3v) is 5.42. The average Bonchev–Trinajstić information content (AvgIpc) is 3.35. The molecule has 1 atom stereocenters. The second kappa shape index (κ2) is 6.10. The van der Waals surface area contributed by atoms with Gasteiger partial charge in [0, 0.05) is 16.4 Å². The maximum absolute atomic E-state index is 12.6. The molecule has 0 spiro atoms. The molecule has 1 saturated carbocycles. The number of nitrogens with one attached hydrogen (secondary N) is 1. The molecule has 2 aromatic rings. The van der Waals surface area contributed by atoms with Crippen LogP contribution in [-0.2, 0) is 15.7 Å². The summed E-state index contributed by atoms with van der Waals surface area (Å²) >= 11 is 3.62. The van der Waals surface area contributed by atoms with Crippen molar-refractivity contribution in [2.45, 2.75) is 30.7 Å². The highest BCUT2D eigenvalue weighted by Crippen LogP contribution is 2.50. The Kier molecular flexibility index (Phi) is 4.30. The Bertz CT molecular complexity index is 708. The van der Waals surface area contributed by atoms with E-state index >= 15 is 0 Å². The van der Waals surface area contributed by atoms with Crippen LogP contribution in [0.3, 0.4) is 0 Å². The quantitative estimate of drug-likeness (QED) is 0.843. The number of carbonyl (C=O) groups is 1. The first-order chi connectivity index (χ1) is 11.0. The van der Waals surface area contributed by atoms with Gasteiger partial charge < -0.3 is 11.1 Å². The topological polar surface area (TPSA) is 55.1 Å². The van der Waals surface area contributed by atoms with Gasteiger partial charge in [-0.25, -0.2) is 0 Å². The molecule has 2 aromatic carbocycles. The van der Waals surface area contributed by atoms with Crippen LogP contribution in [0.5, 0.6) is 0 Å². The van der Waals surface area contributed by atoms with Gasteiger partial charge in [-0.2, -0.15) is 0 Å². The van der Waals surface area contributed by atoms with Crippen molar-refractivity contribution in [1.29, 1.82) is 0 Å². The van der Waals surface area contributed by atoms with E-state index in [1.165, 1.54) is 5.56 Å². The van der Waals surface area contributed by atoms with E-state index < -0.39 is 5.54 Å². The minimum atomic E-state index is -1.02. The Balaban J connectivity index is 1.71. The number of rotatable bonds is 5. The second-order valence-electron chi connectivity index (χ2n) is 6.51. The number of amides is 1. The van der Waals surface area contributed by atoms with Crippen LogP contribution in [0.25, 0.3) is 0 Å². The van der Waals surface area contributed by atoms with Crippen LogP contribution in [-0.4, -0.2) is 12.5 Å². The molecule has 0 radical (unpaired) electrons. The molecule has 1 unspecified atom stereocenters. The molecule has 0 aromatic heterocycles. The van der Waals surface area contributed by atoms with Gasteiger partial charge in [-0.05, 0) is 37.0 Å². The Hall–Kier alpha value is -1.65. The summed E-state index contributed by atoms with van der Waals surface area (Å²) in [6.07, 6.45) is 2.17. The number of halogens is 1. The molecule has 3 rings (SSSR count). The van der Waals surface area contributed by atoms with Crippen molar-refractivity contribution < 1.29 is 4.79 Å². The maximum Gasteiger partial charge on any atom is 0.244 e. The average molecular weight is 373 g/mol. The van der Waals surface area contributed by atoms with Gasteiger partial charge in [-0.3, -0.25) is 4.79 Å². The van der Waals surface area contributed by atoms with E-state index in [1.807, 2.05) is 48.5 Å². The van der Waals surface area contributed by atoms with Crippen LogP contribution in [0.4, 0.5) is 0 Å². The van der Waals surface area contributed by atoms with Crippen LogP contribution in [0.1, 0.15) is 30.9 Å². The zero-order valence-corrected chi connectivity index (χ0v) is 14.8. The zero-order valence-electron chi connectivity index (χ0n) is 13.2. The molecule has 120 valence electrons. The fraction of sp³-hybridized carbons (Fsp3) is 0.316. The Labute approximate surface area is 145 Å². The van der Waals surface area contributed by atoms with E-state index in [1.54, 1.807) is 6.92 Å². The largest absolute Gasteiger partial charge is 0.353 e. The molecule has 1 amide bonds. The number of hydrogen-bond acceptors (Lipinski definition) is 2. The van der Waals surface area contributed by atoms with Gasteiger partial charge in [0.15, 0.2) is 0 Å². The summed E-state index contributed by atoms with van der Waals surface area (Å²) in [5, 5.41) is 3.07. The molecule has 1 fully saturated rings. The van der Waals surface area contributed by atoms with Gasteiger partial charge in [-0.15, -0.1) is 0 Å². The molecule has 0 bridgehead atoms. The summed E-state index contributed by atoms with van der Waals surface area (Å²) < 4.78 is 1.10. The molecule has 0 aliphatic heterocycles. The van der Waals surface area contributed by atoms with Crippen molar-refractivity contribution >= 4 is 21.8 Å². The van der Waals surface area contributed by atoms with Crippen molar-refractivity contribution in [3.63, 3.8) is 0 Å². The first-order valence-corrected chi connectivity index (χ1v) is 8.63. The van der Waals surface area contributed by atoms with E-state index in [-0.39, 0.29) is 11.3 Å². The fourth-order valence-corrected chi connectivity index (χ4v) is 3.64. The molecule has 3 N–H and O–H groups in total. The molecule has 1 aliphatic carbocycles. The molecule has 23 heavy (non-hydrogen) atoms. The SMILES string of the molecule is CC(N)(C(=O)NCC1(c2ccccc2Br)CC1)c1ccccc1.